The third-order valence-electron chi connectivity index (χ3n) is 5.30. The quantitative estimate of drug-likeness (QED) is 0.289. The summed E-state index contributed by atoms with van der Waals surface area (Å²) in [6, 6.07) is 17.4. The number of hydrogen-bond donors (Lipinski definition) is 3. The van der Waals surface area contributed by atoms with Gasteiger partial charge in [-0.05, 0) is 55.7 Å². The molecule has 0 fully saturated rings. The molecule has 2 heterocycles. The molecule has 0 aliphatic rings. The molecule has 8 nitrogen and oxygen atoms in total. The Morgan fingerprint density at radius 3 is 2.56 bits per heavy atom. The van der Waals surface area contributed by atoms with Crippen molar-refractivity contribution in [3.8, 4) is 5.75 Å². The maximum Gasteiger partial charge on any atom is 0.231 e. The molecule has 2 aromatic carbocycles. The number of fused-ring (bicyclic) bond motifs is 1. The Hall–Kier alpha value is -4.20. The van der Waals surface area contributed by atoms with Crippen molar-refractivity contribution in [2.75, 3.05) is 19.0 Å². The van der Waals surface area contributed by atoms with E-state index in [0.717, 1.165) is 39.2 Å². The number of ether oxygens (including phenoxy) is 1. The van der Waals surface area contributed by atoms with E-state index in [1.807, 2.05) is 74.6 Å². The standard InChI is InChI=1S/C26H28N6O2/c1-17-13-18(2)30-26(29-17)32-25(31-24(33)14-19-7-5-4-6-8-19)27-12-11-20-16-28-23-10-9-21(34-3)15-22(20)23/h4-10,13,15-16,28H,11-12,14H2,1-3H3,(H2,27,29,30,31,32,33). The van der Waals surface area contributed by atoms with Gasteiger partial charge in [-0.3, -0.25) is 20.4 Å². The lowest BCUT2D eigenvalue weighted by Gasteiger charge is -2.12. The van der Waals surface area contributed by atoms with Gasteiger partial charge in [0.2, 0.25) is 17.8 Å². The third kappa shape index (κ3) is 5.98. The molecule has 0 aliphatic heterocycles. The van der Waals surface area contributed by atoms with Crippen molar-refractivity contribution in [2.45, 2.75) is 26.7 Å². The van der Waals surface area contributed by atoms with Crippen molar-refractivity contribution in [3.05, 3.63) is 83.3 Å². The number of aryl methyl sites for hydroxylation is 2. The number of hydrogen-bond acceptors (Lipinski definition) is 5. The smallest absolute Gasteiger partial charge is 0.231 e. The Balaban J connectivity index is 1.51. The molecule has 4 rings (SSSR count). The molecule has 34 heavy (non-hydrogen) atoms. The number of methoxy groups -OCH3 is 1. The zero-order valence-electron chi connectivity index (χ0n) is 19.6. The maximum absolute atomic E-state index is 12.7. The number of carbonyl (C=O) groups is 1. The van der Waals surface area contributed by atoms with Gasteiger partial charge in [0.25, 0.3) is 0 Å². The number of anilines is 1. The van der Waals surface area contributed by atoms with E-state index in [-0.39, 0.29) is 12.3 Å². The van der Waals surface area contributed by atoms with E-state index < -0.39 is 0 Å². The summed E-state index contributed by atoms with van der Waals surface area (Å²) >= 11 is 0. The number of aliphatic imine (C=N–C) groups is 1. The van der Waals surface area contributed by atoms with Gasteiger partial charge in [-0.15, -0.1) is 0 Å². The molecule has 0 saturated heterocycles. The van der Waals surface area contributed by atoms with Gasteiger partial charge >= 0.3 is 0 Å². The monoisotopic (exact) mass is 456 g/mol. The SMILES string of the molecule is COc1ccc2[nH]cc(CCN=C(NC(=O)Cc3ccccc3)Nc3nc(C)cc(C)n3)c2c1. The molecule has 0 radical (unpaired) electrons. The highest BCUT2D eigenvalue weighted by Crippen LogP contribution is 2.24. The minimum Gasteiger partial charge on any atom is -0.497 e. The summed E-state index contributed by atoms with van der Waals surface area (Å²) in [6.07, 6.45) is 2.91. The van der Waals surface area contributed by atoms with Crippen LogP contribution in [0.25, 0.3) is 10.9 Å². The summed E-state index contributed by atoms with van der Waals surface area (Å²) in [6.45, 7) is 4.26. The first-order valence-electron chi connectivity index (χ1n) is 11.1. The van der Waals surface area contributed by atoms with Gasteiger partial charge < -0.3 is 9.72 Å². The van der Waals surface area contributed by atoms with Crippen molar-refractivity contribution in [1.29, 1.82) is 0 Å². The summed E-state index contributed by atoms with van der Waals surface area (Å²) in [5.41, 5.74) is 4.75. The van der Waals surface area contributed by atoms with E-state index in [9.17, 15) is 4.79 Å². The predicted octanol–water partition coefficient (Wildman–Crippen LogP) is 3.95. The normalized spacial score (nSPS) is 11.4. The second kappa shape index (κ2) is 10.6. The van der Waals surface area contributed by atoms with Gasteiger partial charge in [-0.1, -0.05) is 30.3 Å². The molecule has 0 unspecified atom stereocenters. The highest BCUT2D eigenvalue weighted by molar-refractivity contribution is 6.03. The fourth-order valence-electron chi connectivity index (χ4n) is 3.74. The van der Waals surface area contributed by atoms with Crippen LogP contribution in [0.1, 0.15) is 22.5 Å². The number of carbonyl (C=O) groups excluding carboxylic acids is 1. The zero-order chi connectivity index (χ0) is 23.9. The molecule has 8 heteroatoms. The zero-order valence-corrected chi connectivity index (χ0v) is 19.6. The molecule has 3 N–H and O–H groups in total. The fourth-order valence-corrected chi connectivity index (χ4v) is 3.74. The molecule has 4 aromatic rings. The van der Waals surface area contributed by atoms with E-state index in [2.05, 4.69) is 30.6 Å². The van der Waals surface area contributed by atoms with Crippen molar-refractivity contribution >= 4 is 28.7 Å². The maximum atomic E-state index is 12.7. The predicted molar refractivity (Wildman–Crippen MR) is 134 cm³/mol. The summed E-state index contributed by atoms with van der Waals surface area (Å²) in [5.74, 6) is 1.36. The van der Waals surface area contributed by atoms with Crippen LogP contribution in [-0.4, -0.2) is 40.5 Å². The minimum absolute atomic E-state index is 0.168. The van der Waals surface area contributed by atoms with Crippen LogP contribution in [0.5, 0.6) is 5.75 Å². The Labute approximate surface area is 198 Å². The van der Waals surface area contributed by atoms with E-state index in [0.29, 0.717) is 24.9 Å². The van der Waals surface area contributed by atoms with Crippen molar-refractivity contribution < 1.29 is 9.53 Å². The first-order valence-corrected chi connectivity index (χ1v) is 11.1. The summed E-state index contributed by atoms with van der Waals surface area (Å²) in [4.78, 5) is 29.4. The number of H-pyrrole nitrogens is 1. The number of nitrogens with one attached hydrogen (secondary N) is 3. The number of nitrogens with zero attached hydrogens (tertiary/aromatic N) is 3. The summed E-state index contributed by atoms with van der Waals surface area (Å²) < 4.78 is 5.35. The lowest BCUT2D eigenvalue weighted by atomic mass is 10.1. The molecule has 0 saturated carbocycles. The van der Waals surface area contributed by atoms with Gasteiger partial charge in [0.15, 0.2) is 0 Å². The van der Waals surface area contributed by atoms with E-state index in [1.54, 1.807) is 7.11 Å². The molecule has 0 bridgehead atoms. The number of guanidine groups is 1. The van der Waals surface area contributed by atoms with Crippen molar-refractivity contribution in [3.63, 3.8) is 0 Å². The molecule has 1 amide bonds. The van der Waals surface area contributed by atoms with Gasteiger partial charge in [0.1, 0.15) is 5.75 Å². The van der Waals surface area contributed by atoms with Crippen LogP contribution < -0.4 is 15.4 Å². The third-order valence-corrected chi connectivity index (χ3v) is 5.30. The van der Waals surface area contributed by atoms with Crippen LogP contribution in [0.2, 0.25) is 0 Å². The van der Waals surface area contributed by atoms with Crippen LogP contribution in [0.4, 0.5) is 5.95 Å². The Kier molecular flexibility index (Phi) is 7.17. The van der Waals surface area contributed by atoms with E-state index >= 15 is 0 Å². The van der Waals surface area contributed by atoms with E-state index in [1.165, 1.54) is 0 Å². The molecule has 0 aliphatic carbocycles. The van der Waals surface area contributed by atoms with Crippen LogP contribution in [0, 0.1) is 13.8 Å². The number of benzene rings is 2. The highest BCUT2D eigenvalue weighted by atomic mass is 16.5. The Morgan fingerprint density at radius 1 is 1.06 bits per heavy atom. The fraction of sp³-hybridized carbons (Fsp3) is 0.231. The lowest BCUT2D eigenvalue weighted by Crippen LogP contribution is -2.37. The summed E-state index contributed by atoms with van der Waals surface area (Å²) in [7, 11) is 1.66. The number of aromatic nitrogens is 3. The molecule has 2 aromatic heterocycles. The topological polar surface area (TPSA) is 104 Å². The average Bonchev–Trinajstić information content (AvgIpc) is 3.21. The van der Waals surface area contributed by atoms with Gasteiger partial charge in [0, 0.05) is 35.0 Å². The second-order valence-electron chi connectivity index (χ2n) is 8.02. The van der Waals surface area contributed by atoms with Gasteiger partial charge in [-0.25, -0.2) is 9.97 Å². The molecule has 0 spiro atoms. The number of amides is 1. The minimum atomic E-state index is -0.168. The van der Waals surface area contributed by atoms with Gasteiger partial charge in [-0.2, -0.15) is 0 Å². The second-order valence-corrected chi connectivity index (χ2v) is 8.02. The van der Waals surface area contributed by atoms with E-state index in [4.69, 9.17) is 4.74 Å². The summed E-state index contributed by atoms with van der Waals surface area (Å²) in [5, 5.41) is 7.05. The van der Waals surface area contributed by atoms with Crippen LogP contribution in [0.3, 0.4) is 0 Å². The lowest BCUT2D eigenvalue weighted by molar-refractivity contribution is -0.119. The molecule has 0 atom stereocenters. The van der Waals surface area contributed by atoms with Crippen molar-refractivity contribution in [2.24, 2.45) is 4.99 Å². The first-order chi connectivity index (χ1) is 16.5. The van der Waals surface area contributed by atoms with Crippen LogP contribution in [-0.2, 0) is 17.6 Å². The molecular formula is C26H28N6O2. The highest BCUT2D eigenvalue weighted by Gasteiger charge is 2.11. The number of aromatic amines is 1. The van der Waals surface area contributed by atoms with Crippen molar-refractivity contribution in [1.82, 2.24) is 20.3 Å². The molecular weight excluding hydrogens is 428 g/mol. The Bertz CT molecular complexity index is 1290. The van der Waals surface area contributed by atoms with Crippen LogP contribution in [0.15, 0.2) is 65.8 Å². The Morgan fingerprint density at radius 2 is 1.82 bits per heavy atom. The molecule has 174 valence electrons. The number of rotatable bonds is 7. The largest absolute Gasteiger partial charge is 0.497 e. The first kappa shape index (κ1) is 23.0. The average molecular weight is 457 g/mol. The van der Waals surface area contributed by atoms with Gasteiger partial charge in [0.05, 0.1) is 13.5 Å². The van der Waals surface area contributed by atoms with Crippen LogP contribution >= 0.6 is 0 Å².